The number of amides is 1. The van der Waals surface area contributed by atoms with Crippen molar-refractivity contribution in [2.45, 2.75) is 39.0 Å². The van der Waals surface area contributed by atoms with Gasteiger partial charge in [0.25, 0.3) is 0 Å². The Hall–Kier alpha value is -1.06. The molecular formula is C13H21NO3. The van der Waals surface area contributed by atoms with Crippen molar-refractivity contribution >= 4 is 11.9 Å². The largest absolute Gasteiger partial charge is 0.481 e. The summed E-state index contributed by atoms with van der Waals surface area (Å²) in [4.78, 5) is 22.5. The van der Waals surface area contributed by atoms with Gasteiger partial charge in [-0.2, -0.15) is 0 Å². The van der Waals surface area contributed by atoms with Gasteiger partial charge in [-0.15, -0.1) is 0 Å². The number of carbonyl (C=O) groups excluding carboxylic acids is 1. The minimum atomic E-state index is -0.784. The molecule has 2 fully saturated rings. The highest BCUT2D eigenvalue weighted by atomic mass is 16.4. The van der Waals surface area contributed by atoms with Gasteiger partial charge in [0.2, 0.25) is 5.91 Å². The summed E-state index contributed by atoms with van der Waals surface area (Å²) in [5.74, 6) is 1.24. The van der Waals surface area contributed by atoms with Gasteiger partial charge < -0.3 is 10.4 Å². The Morgan fingerprint density at radius 2 is 1.94 bits per heavy atom. The van der Waals surface area contributed by atoms with E-state index in [1.54, 1.807) is 0 Å². The second kappa shape index (κ2) is 5.07. The fourth-order valence-corrected chi connectivity index (χ4v) is 2.93. The fraction of sp³-hybridized carbons (Fsp3) is 0.846. The molecule has 2 saturated carbocycles. The molecule has 2 N–H and O–H groups in total. The second-order valence-corrected chi connectivity index (χ2v) is 5.54. The molecule has 0 radical (unpaired) electrons. The zero-order chi connectivity index (χ0) is 12.4. The highest BCUT2D eigenvalue weighted by Crippen LogP contribution is 2.54. The lowest BCUT2D eigenvalue weighted by molar-refractivity contribution is -0.138. The van der Waals surface area contributed by atoms with Gasteiger partial charge in [-0.1, -0.05) is 13.3 Å². The first-order valence-electron chi connectivity index (χ1n) is 6.59. The predicted molar refractivity (Wildman–Crippen MR) is 63.4 cm³/mol. The van der Waals surface area contributed by atoms with Crippen molar-refractivity contribution in [2.24, 2.45) is 23.7 Å². The Kier molecular flexibility index (Phi) is 3.69. The van der Waals surface area contributed by atoms with E-state index in [2.05, 4.69) is 5.32 Å². The van der Waals surface area contributed by atoms with E-state index in [4.69, 9.17) is 5.11 Å². The van der Waals surface area contributed by atoms with Gasteiger partial charge >= 0.3 is 5.97 Å². The second-order valence-electron chi connectivity index (χ2n) is 5.54. The maximum Gasteiger partial charge on any atom is 0.303 e. The lowest BCUT2D eigenvalue weighted by Gasteiger charge is -2.16. The molecule has 0 saturated heterocycles. The van der Waals surface area contributed by atoms with Crippen LogP contribution in [-0.2, 0) is 9.59 Å². The van der Waals surface area contributed by atoms with Crippen molar-refractivity contribution in [3.05, 3.63) is 0 Å². The third kappa shape index (κ3) is 3.20. The molecule has 1 amide bonds. The lowest BCUT2D eigenvalue weighted by Crippen LogP contribution is -2.34. The zero-order valence-electron chi connectivity index (χ0n) is 10.3. The van der Waals surface area contributed by atoms with Crippen LogP contribution < -0.4 is 5.32 Å². The van der Waals surface area contributed by atoms with E-state index in [0.29, 0.717) is 6.54 Å². The average Bonchev–Trinajstić information content (AvgIpc) is 2.90. The van der Waals surface area contributed by atoms with Crippen LogP contribution in [0.3, 0.4) is 0 Å². The van der Waals surface area contributed by atoms with Gasteiger partial charge in [-0.05, 0) is 37.0 Å². The summed E-state index contributed by atoms with van der Waals surface area (Å²) in [7, 11) is 0. The van der Waals surface area contributed by atoms with Gasteiger partial charge in [0, 0.05) is 18.9 Å². The van der Waals surface area contributed by atoms with E-state index in [1.165, 1.54) is 6.42 Å². The average molecular weight is 239 g/mol. The highest BCUT2D eigenvalue weighted by molar-refractivity contribution is 5.79. The molecule has 0 bridgehead atoms. The summed E-state index contributed by atoms with van der Waals surface area (Å²) in [6, 6.07) is 0. The van der Waals surface area contributed by atoms with Crippen LogP contribution in [0.4, 0.5) is 0 Å². The first-order valence-corrected chi connectivity index (χ1v) is 6.59. The molecule has 0 heterocycles. The Bertz CT molecular complexity index is 306. The molecule has 96 valence electrons. The molecule has 2 rings (SSSR count). The van der Waals surface area contributed by atoms with Gasteiger partial charge in [-0.3, -0.25) is 9.59 Å². The Labute approximate surface area is 102 Å². The van der Waals surface area contributed by atoms with Crippen molar-refractivity contribution in [2.75, 3.05) is 6.54 Å². The smallest absolute Gasteiger partial charge is 0.303 e. The fourth-order valence-electron chi connectivity index (χ4n) is 2.93. The topological polar surface area (TPSA) is 66.4 Å². The lowest BCUT2D eigenvalue weighted by atomic mass is 10.00. The minimum absolute atomic E-state index is 0.0624. The van der Waals surface area contributed by atoms with Gasteiger partial charge in [-0.25, -0.2) is 0 Å². The molecule has 4 heteroatoms. The van der Waals surface area contributed by atoms with Crippen LogP contribution in [0.25, 0.3) is 0 Å². The summed E-state index contributed by atoms with van der Waals surface area (Å²) in [6.07, 6.45) is 4.36. The highest BCUT2D eigenvalue weighted by Gasteiger charge is 2.47. The van der Waals surface area contributed by atoms with Crippen LogP contribution >= 0.6 is 0 Å². The van der Waals surface area contributed by atoms with E-state index < -0.39 is 5.97 Å². The van der Waals surface area contributed by atoms with Crippen LogP contribution in [0.2, 0.25) is 0 Å². The van der Waals surface area contributed by atoms with Crippen LogP contribution in [0, 0.1) is 23.7 Å². The van der Waals surface area contributed by atoms with E-state index in [9.17, 15) is 9.59 Å². The monoisotopic (exact) mass is 239 g/mol. The first-order chi connectivity index (χ1) is 8.10. The molecule has 17 heavy (non-hydrogen) atoms. The molecule has 4 nitrogen and oxygen atoms in total. The first kappa shape index (κ1) is 12.4. The molecular weight excluding hydrogens is 218 g/mol. The molecule has 2 aliphatic rings. The van der Waals surface area contributed by atoms with Crippen LogP contribution in [-0.4, -0.2) is 23.5 Å². The molecule has 0 spiro atoms. The summed E-state index contributed by atoms with van der Waals surface area (Å²) < 4.78 is 0. The molecule has 3 atom stereocenters. The van der Waals surface area contributed by atoms with Gasteiger partial charge in [0.1, 0.15) is 0 Å². The minimum Gasteiger partial charge on any atom is -0.481 e. The van der Waals surface area contributed by atoms with Crippen LogP contribution in [0.1, 0.15) is 39.0 Å². The zero-order valence-corrected chi connectivity index (χ0v) is 10.3. The normalized spacial score (nSPS) is 31.7. The van der Waals surface area contributed by atoms with Crippen molar-refractivity contribution in [1.29, 1.82) is 0 Å². The van der Waals surface area contributed by atoms with E-state index in [-0.39, 0.29) is 24.2 Å². The number of carboxylic acids is 1. The molecule has 0 aromatic carbocycles. The van der Waals surface area contributed by atoms with E-state index in [0.717, 1.165) is 31.1 Å². The van der Waals surface area contributed by atoms with Crippen LogP contribution in [0.15, 0.2) is 0 Å². The number of aliphatic carboxylic acids is 1. The Balaban J connectivity index is 1.69. The summed E-state index contributed by atoms with van der Waals surface area (Å²) in [5, 5.41) is 11.6. The van der Waals surface area contributed by atoms with E-state index >= 15 is 0 Å². The number of carbonyl (C=O) groups is 2. The van der Waals surface area contributed by atoms with Gasteiger partial charge in [0.05, 0.1) is 0 Å². The number of rotatable bonds is 6. The number of carboxylic acid groups (broad SMARTS) is 1. The number of hydrogen-bond donors (Lipinski definition) is 2. The maximum atomic E-state index is 11.9. The summed E-state index contributed by atoms with van der Waals surface area (Å²) in [5.41, 5.74) is 0. The van der Waals surface area contributed by atoms with E-state index in [1.807, 2.05) is 6.92 Å². The SMILES string of the molecule is CCC(CNC(=O)C1CC2CC2C1)CC(=O)O. The van der Waals surface area contributed by atoms with Crippen molar-refractivity contribution in [3.63, 3.8) is 0 Å². The third-order valence-electron chi connectivity index (χ3n) is 4.22. The van der Waals surface area contributed by atoms with Crippen molar-refractivity contribution in [1.82, 2.24) is 5.32 Å². The van der Waals surface area contributed by atoms with Gasteiger partial charge in [0.15, 0.2) is 0 Å². The Morgan fingerprint density at radius 1 is 1.29 bits per heavy atom. The summed E-state index contributed by atoms with van der Waals surface area (Å²) in [6.45, 7) is 2.47. The van der Waals surface area contributed by atoms with Crippen molar-refractivity contribution in [3.8, 4) is 0 Å². The Morgan fingerprint density at radius 3 is 2.47 bits per heavy atom. The quantitative estimate of drug-likeness (QED) is 0.740. The molecule has 0 aromatic rings. The van der Waals surface area contributed by atoms with Crippen molar-refractivity contribution < 1.29 is 14.7 Å². The maximum absolute atomic E-state index is 11.9. The number of nitrogens with one attached hydrogen (secondary N) is 1. The molecule has 2 aliphatic carbocycles. The predicted octanol–water partition coefficient (Wildman–Crippen LogP) is 1.65. The summed E-state index contributed by atoms with van der Waals surface area (Å²) >= 11 is 0. The molecule has 0 aromatic heterocycles. The number of fused-ring (bicyclic) bond motifs is 1. The van der Waals surface area contributed by atoms with Crippen LogP contribution in [0.5, 0.6) is 0 Å². The molecule has 3 unspecified atom stereocenters. The third-order valence-corrected chi connectivity index (χ3v) is 4.22. The molecule has 0 aliphatic heterocycles. The number of hydrogen-bond acceptors (Lipinski definition) is 2. The standard InChI is InChI=1S/C13H21NO3/c1-2-8(3-12(15)16)7-14-13(17)11-5-9-4-10(9)6-11/h8-11H,2-7H2,1H3,(H,14,17)(H,15,16).